The number of nitrogens with zero attached hydrogens (tertiary/aromatic N) is 2. The van der Waals surface area contributed by atoms with E-state index in [2.05, 4.69) is 26.2 Å². The molecule has 0 unspecified atom stereocenters. The first-order chi connectivity index (χ1) is 10.1. The lowest BCUT2D eigenvalue weighted by atomic mass is 10.0. The van der Waals surface area contributed by atoms with Crippen molar-refractivity contribution in [3.8, 4) is 0 Å². The molecule has 3 rings (SSSR count). The van der Waals surface area contributed by atoms with E-state index in [1.165, 1.54) is 6.92 Å². The minimum Gasteiger partial charge on any atom is -0.359 e. The largest absolute Gasteiger partial charge is 0.359 e. The van der Waals surface area contributed by atoms with Crippen LogP contribution in [0.2, 0.25) is 0 Å². The Morgan fingerprint density at radius 1 is 1.43 bits per heavy atom. The number of anilines is 1. The summed E-state index contributed by atoms with van der Waals surface area (Å²) in [5, 5.41) is 3.68. The third-order valence-electron chi connectivity index (χ3n) is 3.54. The van der Waals surface area contributed by atoms with E-state index in [1.807, 2.05) is 23.1 Å². The van der Waals surface area contributed by atoms with E-state index in [9.17, 15) is 9.59 Å². The lowest BCUT2D eigenvalue weighted by Crippen LogP contribution is -2.48. The zero-order chi connectivity index (χ0) is 15.0. The molecule has 0 radical (unpaired) electrons. The predicted molar refractivity (Wildman–Crippen MR) is 84.7 cm³/mol. The molecule has 1 aromatic carbocycles. The number of halogens is 1. The summed E-state index contributed by atoms with van der Waals surface area (Å²) in [5.74, 6) is -0.0823. The molecule has 6 heteroatoms. The van der Waals surface area contributed by atoms with Gasteiger partial charge in [0.25, 0.3) is 0 Å². The lowest BCUT2D eigenvalue weighted by molar-refractivity contribution is -0.120. The van der Waals surface area contributed by atoms with Crippen molar-refractivity contribution in [3.05, 3.63) is 34.4 Å². The van der Waals surface area contributed by atoms with Crippen LogP contribution in [0.3, 0.4) is 0 Å². The van der Waals surface area contributed by atoms with E-state index < -0.39 is 0 Å². The van der Waals surface area contributed by atoms with Gasteiger partial charge in [-0.1, -0.05) is 15.9 Å². The molecule has 0 bridgehead atoms. The zero-order valence-electron chi connectivity index (χ0n) is 11.5. The second kappa shape index (κ2) is 5.44. The van der Waals surface area contributed by atoms with Gasteiger partial charge in [-0.2, -0.15) is 0 Å². The highest BCUT2D eigenvalue weighted by Gasteiger charge is 2.23. The number of carbonyl (C=O) groups is 2. The molecule has 1 amide bonds. The number of ketones is 1. The van der Waals surface area contributed by atoms with E-state index in [0.29, 0.717) is 18.7 Å². The van der Waals surface area contributed by atoms with Crippen molar-refractivity contribution in [2.75, 3.05) is 24.5 Å². The van der Waals surface area contributed by atoms with Crippen LogP contribution in [0.15, 0.2) is 28.9 Å². The Kier molecular flexibility index (Phi) is 3.63. The van der Waals surface area contributed by atoms with Crippen LogP contribution in [0.25, 0.3) is 10.9 Å². The highest BCUT2D eigenvalue weighted by atomic mass is 79.9. The number of fused-ring (bicyclic) bond motifs is 1. The third-order valence-corrected chi connectivity index (χ3v) is 4.03. The molecule has 1 aromatic heterocycles. The molecule has 1 saturated heterocycles. The molecular formula is C15H14BrN3O2. The van der Waals surface area contributed by atoms with Gasteiger partial charge >= 0.3 is 0 Å². The van der Waals surface area contributed by atoms with E-state index in [0.717, 1.165) is 21.1 Å². The number of aromatic nitrogens is 1. The second-order valence-electron chi connectivity index (χ2n) is 5.01. The molecule has 1 N–H and O–H groups in total. The summed E-state index contributed by atoms with van der Waals surface area (Å²) in [4.78, 5) is 29.9. The van der Waals surface area contributed by atoms with Gasteiger partial charge in [-0.3, -0.25) is 14.6 Å². The first kappa shape index (κ1) is 14.0. The topological polar surface area (TPSA) is 62.3 Å². The van der Waals surface area contributed by atoms with E-state index >= 15 is 0 Å². The van der Waals surface area contributed by atoms with Gasteiger partial charge < -0.3 is 10.2 Å². The molecule has 0 spiro atoms. The second-order valence-corrected chi connectivity index (χ2v) is 5.93. The number of nitrogens with one attached hydrogen (secondary N) is 1. The number of benzene rings is 1. The molecule has 1 fully saturated rings. The highest BCUT2D eigenvalue weighted by molar-refractivity contribution is 9.10. The van der Waals surface area contributed by atoms with Gasteiger partial charge in [-0.15, -0.1) is 0 Å². The van der Waals surface area contributed by atoms with E-state index in [-0.39, 0.29) is 18.2 Å². The third kappa shape index (κ3) is 2.63. The van der Waals surface area contributed by atoms with Crippen LogP contribution in [0, 0.1) is 0 Å². The van der Waals surface area contributed by atoms with Crippen molar-refractivity contribution < 1.29 is 9.59 Å². The summed E-state index contributed by atoms with van der Waals surface area (Å²) < 4.78 is 0.917. The number of pyridine rings is 1. The van der Waals surface area contributed by atoms with Gasteiger partial charge in [0.15, 0.2) is 5.78 Å². The van der Waals surface area contributed by atoms with Crippen LogP contribution in [0.4, 0.5) is 5.69 Å². The zero-order valence-corrected chi connectivity index (χ0v) is 13.1. The molecule has 2 aromatic rings. The Morgan fingerprint density at radius 3 is 2.95 bits per heavy atom. The first-order valence-corrected chi connectivity index (χ1v) is 7.46. The van der Waals surface area contributed by atoms with Crippen LogP contribution in [0.1, 0.15) is 17.3 Å². The number of Topliss-reactive ketones (excluding diaryl/α,β-unsaturated/α-hetero) is 1. The average molecular weight is 348 g/mol. The maximum absolute atomic E-state index is 11.9. The predicted octanol–water partition coefficient (Wildman–Crippen LogP) is 2.14. The van der Waals surface area contributed by atoms with Crippen molar-refractivity contribution in [1.29, 1.82) is 0 Å². The molecule has 5 nitrogen and oxygen atoms in total. The first-order valence-electron chi connectivity index (χ1n) is 6.67. The van der Waals surface area contributed by atoms with Crippen molar-refractivity contribution in [2.45, 2.75) is 6.92 Å². The molecule has 1 aliphatic rings. The van der Waals surface area contributed by atoms with Gasteiger partial charge in [0.05, 0.1) is 23.3 Å². The summed E-state index contributed by atoms with van der Waals surface area (Å²) in [6.45, 7) is 3.03. The fourth-order valence-corrected chi connectivity index (χ4v) is 2.94. The highest BCUT2D eigenvalue weighted by Crippen LogP contribution is 2.32. The fourth-order valence-electron chi connectivity index (χ4n) is 2.58. The van der Waals surface area contributed by atoms with Crippen molar-refractivity contribution in [1.82, 2.24) is 10.3 Å². The van der Waals surface area contributed by atoms with Crippen LogP contribution >= 0.6 is 15.9 Å². The Morgan fingerprint density at radius 2 is 2.24 bits per heavy atom. The smallest absolute Gasteiger partial charge is 0.239 e. The SMILES string of the molecule is CC(=O)c1cnc2ccc(Br)cc2c1N1CCNC(=O)C1. The fraction of sp³-hybridized carbons (Fsp3) is 0.267. The normalized spacial score (nSPS) is 15.1. The summed E-state index contributed by atoms with van der Waals surface area (Å²) in [7, 11) is 0. The summed E-state index contributed by atoms with van der Waals surface area (Å²) in [5.41, 5.74) is 2.16. The van der Waals surface area contributed by atoms with Crippen molar-refractivity contribution in [2.24, 2.45) is 0 Å². The van der Waals surface area contributed by atoms with Crippen LogP contribution in [-0.2, 0) is 4.79 Å². The number of piperazine rings is 1. The maximum atomic E-state index is 11.9. The lowest BCUT2D eigenvalue weighted by Gasteiger charge is -2.30. The maximum Gasteiger partial charge on any atom is 0.239 e. The summed E-state index contributed by atoms with van der Waals surface area (Å²) in [6, 6.07) is 5.75. The quantitative estimate of drug-likeness (QED) is 0.845. The minimum absolute atomic E-state index is 0.0317. The number of hydrogen-bond acceptors (Lipinski definition) is 4. The van der Waals surface area contributed by atoms with Crippen LogP contribution in [-0.4, -0.2) is 36.3 Å². The molecule has 21 heavy (non-hydrogen) atoms. The monoisotopic (exact) mass is 347 g/mol. The van der Waals surface area contributed by atoms with Crippen LogP contribution < -0.4 is 10.2 Å². The Hall–Kier alpha value is -1.95. The van der Waals surface area contributed by atoms with Gasteiger partial charge in [-0.25, -0.2) is 0 Å². The van der Waals surface area contributed by atoms with E-state index in [4.69, 9.17) is 0 Å². The molecular weight excluding hydrogens is 334 g/mol. The van der Waals surface area contributed by atoms with Gasteiger partial charge in [0.1, 0.15) is 0 Å². The molecule has 0 atom stereocenters. The van der Waals surface area contributed by atoms with Crippen LogP contribution in [0.5, 0.6) is 0 Å². The Bertz CT molecular complexity index is 745. The number of hydrogen-bond donors (Lipinski definition) is 1. The summed E-state index contributed by atoms with van der Waals surface area (Å²) in [6.07, 6.45) is 1.60. The molecule has 1 aliphatic heterocycles. The molecule has 108 valence electrons. The van der Waals surface area contributed by atoms with Gasteiger partial charge in [0, 0.05) is 29.1 Å². The number of carbonyl (C=O) groups excluding carboxylic acids is 2. The molecule has 2 heterocycles. The standard InChI is InChI=1S/C15H14BrN3O2/c1-9(20)12-7-18-13-3-2-10(16)6-11(13)15(12)19-5-4-17-14(21)8-19/h2-3,6-7H,4-5,8H2,1H3,(H,17,21). The van der Waals surface area contributed by atoms with E-state index in [1.54, 1.807) is 6.20 Å². The van der Waals surface area contributed by atoms with Crippen molar-refractivity contribution in [3.63, 3.8) is 0 Å². The summed E-state index contributed by atoms with van der Waals surface area (Å²) >= 11 is 3.45. The van der Waals surface area contributed by atoms with Crippen molar-refractivity contribution >= 4 is 44.2 Å². The Balaban J connectivity index is 2.25. The van der Waals surface area contributed by atoms with Gasteiger partial charge in [0.2, 0.25) is 5.91 Å². The minimum atomic E-state index is -0.0506. The van der Waals surface area contributed by atoms with Gasteiger partial charge in [-0.05, 0) is 25.1 Å². The number of rotatable bonds is 2. The molecule has 0 aliphatic carbocycles. The average Bonchev–Trinajstić information content (AvgIpc) is 2.45. The number of amides is 1. The Labute approximate surface area is 130 Å². The molecule has 0 saturated carbocycles.